The Labute approximate surface area is 83.1 Å². The molecule has 0 aromatic heterocycles. The molecule has 0 aliphatic heterocycles. The Morgan fingerprint density at radius 3 is 2.86 bits per heavy atom. The second-order valence-corrected chi connectivity index (χ2v) is 3.14. The smallest absolute Gasteiger partial charge is 0.316 e. The summed E-state index contributed by atoms with van der Waals surface area (Å²) in [5, 5.41) is 0. The number of aliphatic imine (C=N–C) groups is 1. The van der Waals surface area contributed by atoms with Crippen molar-refractivity contribution in [3.8, 4) is 0 Å². The maximum absolute atomic E-state index is 11.4. The molecule has 0 heterocycles. The first-order chi connectivity index (χ1) is 6.65. The van der Waals surface area contributed by atoms with Gasteiger partial charge in [0, 0.05) is 6.04 Å². The lowest BCUT2D eigenvalue weighted by Gasteiger charge is -2.13. The van der Waals surface area contributed by atoms with Crippen LogP contribution in [0.15, 0.2) is 28.9 Å². The van der Waals surface area contributed by atoms with Gasteiger partial charge in [0.25, 0.3) is 0 Å². The minimum Gasteiger partial charge on any atom is -0.468 e. The van der Waals surface area contributed by atoms with Crippen LogP contribution in [0.4, 0.5) is 0 Å². The van der Waals surface area contributed by atoms with Gasteiger partial charge < -0.3 is 10.5 Å². The predicted octanol–water partition coefficient (Wildman–Crippen LogP) is 0.647. The first kappa shape index (κ1) is 10.7. The Bertz CT molecular complexity index is 307. The molecule has 4 nitrogen and oxygen atoms in total. The number of carbonyl (C=O) groups excluding carboxylic acids is 1. The number of esters is 1. The molecule has 14 heavy (non-hydrogen) atoms. The highest BCUT2D eigenvalue weighted by atomic mass is 16.5. The molecule has 0 saturated heterocycles. The molecule has 0 fully saturated rings. The van der Waals surface area contributed by atoms with E-state index in [-0.39, 0.29) is 12.0 Å². The predicted molar refractivity (Wildman–Crippen MR) is 54.9 cm³/mol. The number of rotatable bonds is 3. The first-order valence-corrected chi connectivity index (χ1v) is 4.31. The summed E-state index contributed by atoms with van der Waals surface area (Å²) in [5.41, 5.74) is 7.28. The molecule has 76 valence electrons. The summed E-state index contributed by atoms with van der Waals surface area (Å²) < 4.78 is 4.65. The zero-order chi connectivity index (χ0) is 10.7. The summed E-state index contributed by atoms with van der Waals surface area (Å²) in [5.74, 6) is -0.859. The molecule has 0 aromatic carbocycles. The highest BCUT2D eigenvalue weighted by Crippen LogP contribution is 2.33. The zero-order valence-corrected chi connectivity index (χ0v) is 8.19. The van der Waals surface area contributed by atoms with E-state index in [4.69, 9.17) is 5.73 Å². The van der Waals surface area contributed by atoms with Crippen LogP contribution < -0.4 is 5.73 Å². The topological polar surface area (TPSA) is 64.7 Å². The number of ether oxygens (including phenoxy) is 1. The molecule has 1 aliphatic rings. The average molecular weight is 194 g/mol. The SMILES string of the molecule is C=CC1=C(N=C)[C@@H](C(=O)OC)C(N)C1. The fourth-order valence-corrected chi connectivity index (χ4v) is 1.68. The van der Waals surface area contributed by atoms with Crippen molar-refractivity contribution in [1.82, 2.24) is 0 Å². The maximum Gasteiger partial charge on any atom is 0.316 e. The van der Waals surface area contributed by atoms with E-state index in [0.717, 1.165) is 5.57 Å². The molecule has 1 aliphatic carbocycles. The van der Waals surface area contributed by atoms with Crippen LogP contribution in [0.1, 0.15) is 6.42 Å². The van der Waals surface area contributed by atoms with Gasteiger partial charge in [-0.25, -0.2) is 0 Å². The van der Waals surface area contributed by atoms with Gasteiger partial charge in [-0.1, -0.05) is 12.7 Å². The van der Waals surface area contributed by atoms with Crippen molar-refractivity contribution in [3.63, 3.8) is 0 Å². The lowest BCUT2D eigenvalue weighted by molar-refractivity contribution is -0.144. The molecule has 2 atom stereocenters. The second kappa shape index (κ2) is 4.19. The van der Waals surface area contributed by atoms with Gasteiger partial charge in [-0.15, -0.1) is 0 Å². The Hall–Kier alpha value is -1.42. The van der Waals surface area contributed by atoms with E-state index >= 15 is 0 Å². The van der Waals surface area contributed by atoms with Crippen molar-refractivity contribution in [1.29, 1.82) is 0 Å². The number of allylic oxidation sites excluding steroid dienone is 1. The highest BCUT2D eigenvalue weighted by molar-refractivity contribution is 5.78. The van der Waals surface area contributed by atoms with Crippen LogP contribution in [0.5, 0.6) is 0 Å². The summed E-state index contributed by atoms with van der Waals surface area (Å²) in [4.78, 5) is 15.2. The summed E-state index contributed by atoms with van der Waals surface area (Å²) in [6.45, 7) is 7.06. The van der Waals surface area contributed by atoms with Crippen LogP contribution in [0.2, 0.25) is 0 Å². The molecule has 4 heteroatoms. The van der Waals surface area contributed by atoms with E-state index in [1.54, 1.807) is 6.08 Å². The Kier molecular flexibility index (Phi) is 3.19. The zero-order valence-electron chi connectivity index (χ0n) is 8.19. The minimum atomic E-state index is -0.495. The number of methoxy groups -OCH3 is 1. The lowest BCUT2D eigenvalue weighted by atomic mass is 10.0. The van der Waals surface area contributed by atoms with E-state index in [2.05, 4.69) is 23.0 Å². The van der Waals surface area contributed by atoms with Crippen LogP contribution in [0.3, 0.4) is 0 Å². The lowest BCUT2D eigenvalue weighted by Crippen LogP contribution is -2.33. The van der Waals surface area contributed by atoms with Crippen molar-refractivity contribution in [2.45, 2.75) is 12.5 Å². The third kappa shape index (κ3) is 1.61. The van der Waals surface area contributed by atoms with Gasteiger partial charge >= 0.3 is 5.97 Å². The first-order valence-electron chi connectivity index (χ1n) is 4.31. The summed E-state index contributed by atoms with van der Waals surface area (Å²) in [6, 6.07) is -0.282. The Morgan fingerprint density at radius 1 is 1.79 bits per heavy atom. The molecule has 0 radical (unpaired) electrons. The summed E-state index contributed by atoms with van der Waals surface area (Å²) in [6.07, 6.45) is 2.25. The quantitative estimate of drug-likeness (QED) is 0.530. The summed E-state index contributed by atoms with van der Waals surface area (Å²) >= 11 is 0. The third-order valence-corrected chi connectivity index (χ3v) is 2.38. The van der Waals surface area contributed by atoms with Gasteiger partial charge in [-0.3, -0.25) is 9.79 Å². The van der Waals surface area contributed by atoms with Crippen molar-refractivity contribution >= 4 is 12.7 Å². The second-order valence-electron chi connectivity index (χ2n) is 3.14. The standard InChI is InChI=1S/C10H14N2O2/c1-4-6-5-7(11)8(9(6)12-2)10(13)14-3/h4,7-8H,1-2,5,11H2,3H3/t7?,8-/m0/s1. The van der Waals surface area contributed by atoms with Gasteiger partial charge in [0.1, 0.15) is 5.92 Å². The van der Waals surface area contributed by atoms with E-state index in [9.17, 15) is 4.79 Å². The van der Waals surface area contributed by atoms with E-state index in [1.807, 2.05) is 0 Å². The van der Waals surface area contributed by atoms with E-state index < -0.39 is 5.92 Å². The van der Waals surface area contributed by atoms with Gasteiger partial charge in [-0.05, 0) is 18.7 Å². The number of hydrogen-bond donors (Lipinski definition) is 1. The van der Waals surface area contributed by atoms with Gasteiger partial charge in [-0.2, -0.15) is 0 Å². The molecule has 1 unspecified atom stereocenters. The van der Waals surface area contributed by atoms with Gasteiger partial charge in [0.05, 0.1) is 12.8 Å². The molecule has 0 saturated carbocycles. The molecule has 0 aromatic rings. The van der Waals surface area contributed by atoms with E-state index in [1.165, 1.54) is 7.11 Å². The van der Waals surface area contributed by atoms with Crippen LogP contribution in [0, 0.1) is 5.92 Å². The molecule has 0 bridgehead atoms. The normalized spacial score (nSPS) is 26.1. The van der Waals surface area contributed by atoms with Crippen LogP contribution in [-0.2, 0) is 9.53 Å². The van der Waals surface area contributed by atoms with Gasteiger partial charge in [0.2, 0.25) is 0 Å². The fraction of sp³-hybridized carbons (Fsp3) is 0.400. The average Bonchev–Trinajstić information content (AvgIpc) is 2.53. The Morgan fingerprint density at radius 2 is 2.43 bits per heavy atom. The number of nitrogens with two attached hydrogens (primary N) is 1. The van der Waals surface area contributed by atoms with Gasteiger partial charge in [0.15, 0.2) is 0 Å². The summed E-state index contributed by atoms with van der Waals surface area (Å²) in [7, 11) is 1.33. The number of carbonyl (C=O) groups is 1. The third-order valence-electron chi connectivity index (χ3n) is 2.38. The van der Waals surface area contributed by atoms with Crippen molar-refractivity contribution in [2.75, 3.05) is 7.11 Å². The van der Waals surface area contributed by atoms with Crippen LogP contribution >= 0.6 is 0 Å². The molecular formula is C10H14N2O2. The molecular weight excluding hydrogens is 180 g/mol. The van der Waals surface area contributed by atoms with Crippen molar-refractivity contribution in [2.24, 2.45) is 16.6 Å². The maximum atomic E-state index is 11.4. The number of nitrogens with zero attached hydrogens (tertiary/aromatic N) is 1. The van der Waals surface area contributed by atoms with Crippen molar-refractivity contribution in [3.05, 3.63) is 23.9 Å². The molecule has 0 amide bonds. The molecule has 1 rings (SSSR count). The molecule has 0 spiro atoms. The number of hydrogen-bond acceptors (Lipinski definition) is 4. The Balaban J connectivity index is 3.04. The molecule has 2 N–H and O–H groups in total. The minimum absolute atomic E-state index is 0.282. The van der Waals surface area contributed by atoms with Crippen LogP contribution in [0.25, 0.3) is 0 Å². The monoisotopic (exact) mass is 194 g/mol. The van der Waals surface area contributed by atoms with E-state index in [0.29, 0.717) is 12.1 Å². The van der Waals surface area contributed by atoms with Crippen LogP contribution in [-0.4, -0.2) is 25.8 Å². The highest BCUT2D eigenvalue weighted by Gasteiger charge is 2.37. The van der Waals surface area contributed by atoms with Crippen molar-refractivity contribution < 1.29 is 9.53 Å². The fourth-order valence-electron chi connectivity index (χ4n) is 1.68. The largest absolute Gasteiger partial charge is 0.468 e.